The van der Waals surface area contributed by atoms with Gasteiger partial charge in [-0.1, -0.05) is 30.0 Å². The third kappa shape index (κ3) is 7.53. The number of benzene rings is 1. The Kier molecular flexibility index (Phi) is 9.03. The van der Waals surface area contributed by atoms with Crippen LogP contribution in [0.1, 0.15) is 31.2 Å². The Morgan fingerprint density at radius 1 is 1.19 bits per heavy atom. The molecule has 3 heteroatoms. The standard InChI is InChI=1S/C13H14O2.Na/c14-13(15)11-7-2-1-4-8-12-9-5-3-6-10-12;/h3,5-6,9-10H,1-2,7,11H2,(H,14,15);/q;+1/p-1. The normalized spacial score (nSPS) is 8.50. The molecule has 78 valence electrons. The summed E-state index contributed by atoms with van der Waals surface area (Å²) in [5.74, 6) is 5.05. The van der Waals surface area contributed by atoms with E-state index >= 15 is 0 Å². The summed E-state index contributed by atoms with van der Waals surface area (Å²) >= 11 is 0. The summed E-state index contributed by atoms with van der Waals surface area (Å²) < 4.78 is 0. The molecule has 0 saturated heterocycles. The van der Waals surface area contributed by atoms with E-state index in [1.807, 2.05) is 30.3 Å². The first-order valence-electron chi connectivity index (χ1n) is 5.03. The molecule has 0 saturated carbocycles. The fourth-order valence-electron chi connectivity index (χ4n) is 1.17. The summed E-state index contributed by atoms with van der Waals surface area (Å²) in [5, 5.41) is 10.1. The van der Waals surface area contributed by atoms with E-state index in [4.69, 9.17) is 0 Å². The van der Waals surface area contributed by atoms with Gasteiger partial charge in [0.1, 0.15) is 0 Å². The average molecular weight is 224 g/mol. The smallest absolute Gasteiger partial charge is 0.550 e. The molecule has 0 aliphatic carbocycles. The Morgan fingerprint density at radius 2 is 1.88 bits per heavy atom. The molecule has 1 aromatic rings. The third-order valence-corrected chi connectivity index (χ3v) is 1.94. The molecule has 0 heterocycles. The second-order valence-corrected chi connectivity index (χ2v) is 3.25. The summed E-state index contributed by atoms with van der Waals surface area (Å²) in [6.07, 6.45) is 2.33. The van der Waals surface area contributed by atoms with Crippen LogP contribution in [0.15, 0.2) is 30.3 Å². The minimum absolute atomic E-state index is 0. The molecule has 0 N–H and O–H groups in total. The molecule has 0 spiro atoms. The van der Waals surface area contributed by atoms with Crippen LogP contribution in [0, 0.1) is 11.8 Å². The van der Waals surface area contributed by atoms with Gasteiger partial charge in [0.05, 0.1) is 0 Å². The Morgan fingerprint density at radius 3 is 2.50 bits per heavy atom. The van der Waals surface area contributed by atoms with Crippen LogP contribution in [0.3, 0.4) is 0 Å². The molecular weight excluding hydrogens is 211 g/mol. The Labute approximate surface area is 118 Å². The number of unbranched alkanes of at least 4 members (excludes halogenated alkanes) is 2. The fourth-order valence-corrected chi connectivity index (χ4v) is 1.17. The van der Waals surface area contributed by atoms with E-state index in [-0.39, 0.29) is 36.0 Å². The molecule has 2 nitrogen and oxygen atoms in total. The maximum Gasteiger partial charge on any atom is 1.00 e. The molecular formula is C13H13NaO2. The van der Waals surface area contributed by atoms with Crippen molar-refractivity contribution in [1.82, 2.24) is 0 Å². The average Bonchev–Trinajstić information content (AvgIpc) is 2.24. The van der Waals surface area contributed by atoms with Crippen LogP contribution < -0.4 is 34.7 Å². The molecule has 0 aromatic heterocycles. The summed E-state index contributed by atoms with van der Waals surface area (Å²) in [4.78, 5) is 10.1. The van der Waals surface area contributed by atoms with Crippen molar-refractivity contribution in [2.24, 2.45) is 0 Å². The zero-order valence-corrected chi connectivity index (χ0v) is 11.5. The van der Waals surface area contributed by atoms with Gasteiger partial charge in [0.25, 0.3) is 0 Å². The van der Waals surface area contributed by atoms with Gasteiger partial charge >= 0.3 is 29.6 Å². The first kappa shape index (κ1) is 15.2. The first-order valence-corrected chi connectivity index (χ1v) is 5.03. The van der Waals surface area contributed by atoms with Gasteiger partial charge in [-0.05, 0) is 31.4 Å². The van der Waals surface area contributed by atoms with Crippen LogP contribution in [0.5, 0.6) is 0 Å². The number of carbonyl (C=O) groups is 1. The number of hydrogen-bond donors (Lipinski definition) is 0. The Hall–Kier alpha value is -0.750. The van der Waals surface area contributed by atoms with E-state index in [1.165, 1.54) is 0 Å². The number of rotatable bonds is 4. The van der Waals surface area contributed by atoms with Crippen molar-refractivity contribution in [1.29, 1.82) is 0 Å². The zero-order valence-electron chi connectivity index (χ0n) is 9.53. The van der Waals surface area contributed by atoms with Gasteiger partial charge in [0.2, 0.25) is 0 Å². The second-order valence-electron chi connectivity index (χ2n) is 3.25. The molecule has 0 amide bonds. The largest absolute Gasteiger partial charge is 1.00 e. The van der Waals surface area contributed by atoms with Crippen molar-refractivity contribution in [3.05, 3.63) is 35.9 Å². The molecule has 0 aliphatic heterocycles. The molecule has 0 bridgehead atoms. The summed E-state index contributed by atoms with van der Waals surface area (Å²) in [7, 11) is 0. The molecule has 0 atom stereocenters. The molecule has 0 unspecified atom stereocenters. The molecule has 1 aromatic carbocycles. The number of carboxylic acid groups (broad SMARTS) is 1. The van der Waals surface area contributed by atoms with Gasteiger partial charge in [-0.25, -0.2) is 0 Å². The molecule has 1 rings (SSSR count). The fraction of sp³-hybridized carbons (Fsp3) is 0.308. The van der Waals surface area contributed by atoms with Crippen LogP contribution in [0.4, 0.5) is 0 Å². The zero-order chi connectivity index (χ0) is 10.9. The van der Waals surface area contributed by atoms with Gasteiger partial charge in [-0.2, -0.15) is 0 Å². The van der Waals surface area contributed by atoms with Crippen LogP contribution in [0.2, 0.25) is 0 Å². The molecule has 0 aliphatic rings. The van der Waals surface area contributed by atoms with Gasteiger partial charge in [0, 0.05) is 18.0 Å². The maximum absolute atomic E-state index is 10.1. The second kappa shape index (κ2) is 9.47. The summed E-state index contributed by atoms with van der Waals surface area (Å²) in [6.45, 7) is 0. The van der Waals surface area contributed by atoms with E-state index in [9.17, 15) is 9.90 Å². The monoisotopic (exact) mass is 224 g/mol. The van der Waals surface area contributed by atoms with Crippen molar-refractivity contribution >= 4 is 5.97 Å². The molecule has 0 radical (unpaired) electrons. The van der Waals surface area contributed by atoms with Crippen molar-refractivity contribution < 1.29 is 39.5 Å². The van der Waals surface area contributed by atoms with Crippen LogP contribution in [-0.4, -0.2) is 5.97 Å². The van der Waals surface area contributed by atoms with Gasteiger partial charge in [-0.15, -0.1) is 0 Å². The topological polar surface area (TPSA) is 40.1 Å². The minimum Gasteiger partial charge on any atom is -0.550 e. The van der Waals surface area contributed by atoms with Gasteiger partial charge in [-0.3, -0.25) is 0 Å². The summed E-state index contributed by atoms with van der Waals surface area (Å²) in [5.41, 5.74) is 0.998. The van der Waals surface area contributed by atoms with E-state index in [0.29, 0.717) is 6.42 Å². The van der Waals surface area contributed by atoms with Gasteiger partial charge < -0.3 is 9.90 Å². The first-order chi connectivity index (χ1) is 7.29. The number of aliphatic carboxylic acids is 1. The van der Waals surface area contributed by atoms with Crippen LogP contribution in [-0.2, 0) is 4.79 Å². The van der Waals surface area contributed by atoms with E-state index < -0.39 is 5.97 Å². The number of hydrogen-bond acceptors (Lipinski definition) is 2. The van der Waals surface area contributed by atoms with Crippen molar-refractivity contribution in [2.75, 3.05) is 0 Å². The van der Waals surface area contributed by atoms with Gasteiger partial charge in [0.15, 0.2) is 0 Å². The minimum atomic E-state index is -0.981. The molecule has 0 fully saturated rings. The predicted molar refractivity (Wildman–Crippen MR) is 56.8 cm³/mol. The predicted octanol–water partition coefficient (Wildman–Crippen LogP) is -1.65. The van der Waals surface area contributed by atoms with Crippen molar-refractivity contribution in [2.45, 2.75) is 25.7 Å². The van der Waals surface area contributed by atoms with E-state index in [2.05, 4.69) is 11.8 Å². The number of carboxylic acids is 1. The third-order valence-electron chi connectivity index (χ3n) is 1.94. The number of carbonyl (C=O) groups excluding carboxylic acids is 1. The van der Waals surface area contributed by atoms with Crippen LogP contribution in [0.25, 0.3) is 0 Å². The maximum atomic E-state index is 10.1. The molecule has 16 heavy (non-hydrogen) atoms. The van der Waals surface area contributed by atoms with Crippen molar-refractivity contribution in [3.8, 4) is 11.8 Å². The van der Waals surface area contributed by atoms with E-state index in [1.54, 1.807) is 0 Å². The van der Waals surface area contributed by atoms with Crippen molar-refractivity contribution in [3.63, 3.8) is 0 Å². The quantitative estimate of drug-likeness (QED) is 0.349. The van der Waals surface area contributed by atoms with E-state index in [0.717, 1.165) is 18.4 Å². The Bertz CT molecular complexity index is 363. The Balaban J connectivity index is 0.00000225. The SMILES string of the molecule is O=C([O-])CCCCC#Cc1ccccc1.[Na+]. The van der Waals surface area contributed by atoms with Crippen LogP contribution >= 0.6 is 0 Å². The summed E-state index contributed by atoms with van der Waals surface area (Å²) in [6, 6.07) is 9.74.